The first kappa shape index (κ1) is 33.0. The van der Waals surface area contributed by atoms with Crippen LogP contribution in [0.4, 0.5) is 0 Å². The normalized spacial score (nSPS) is 10.6. The molecule has 0 bridgehead atoms. The Morgan fingerprint density at radius 2 is 1.00 bits per heavy atom. The van der Waals surface area contributed by atoms with Crippen LogP contribution in [0.25, 0.3) is 0 Å². The molecule has 40 heavy (non-hydrogen) atoms. The first-order chi connectivity index (χ1) is 19.3. The van der Waals surface area contributed by atoms with Gasteiger partial charge in [0, 0.05) is 21.8 Å². The van der Waals surface area contributed by atoms with Crippen molar-refractivity contribution in [3.63, 3.8) is 0 Å². The highest BCUT2D eigenvalue weighted by Gasteiger charge is 2.04. The van der Waals surface area contributed by atoms with Gasteiger partial charge in [-0.25, -0.2) is 9.59 Å². The van der Waals surface area contributed by atoms with Gasteiger partial charge in [-0.3, -0.25) is 0 Å². The summed E-state index contributed by atoms with van der Waals surface area (Å²) in [4.78, 5) is 23.8. The number of carbonyl (C=O) groups excluding carboxylic acids is 2. The van der Waals surface area contributed by atoms with Crippen molar-refractivity contribution < 1.29 is 28.5 Å². The van der Waals surface area contributed by atoms with Crippen molar-refractivity contribution in [3.8, 4) is 11.5 Å². The molecule has 218 valence electrons. The van der Waals surface area contributed by atoms with Crippen molar-refractivity contribution in [2.24, 2.45) is 0 Å². The second-order valence-corrected chi connectivity index (χ2v) is 10.8. The van der Waals surface area contributed by atoms with Gasteiger partial charge in [-0.1, -0.05) is 25.3 Å². The minimum absolute atomic E-state index is 0.314. The number of carbonyl (C=O) groups is 2. The second-order valence-electron chi connectivity index (χ2n) is 9.76. The Labute approximate surface area is 244 Å². The van der Waals surface area contributed by atoms with E-state index in [4.69, 9.17) is 18.9 Å². The molecule has 0 spiro atoms. The van der Waals surface area contributed by atoms with Gasteiger partial charge in [-0.05, 0) is 107 Å². The number of unbranched alkanes of at least 4 members (excludes halogenated alkanes) is 6. The lowest BCUT2D eigenvalue weighted by molar-refractivity contribution is -0.139. The summed E-state index contributed by atoms with van der Waals surface area (Å²) >= 11 is 1.79. The maximum absolute atomic E-state index is 11.3. The molecule has 7 heteroatoms. The van der Waals surface area contributed by atoms with Crippen molar-refractivity contribution in [1.82, 2.24) is 0 Å². The second kappa shape index (κ2) is 19.8. The standard InChI is InChI=1S/C33H44O6S/c1-26(2)32(34)38-23-11-7-5-9-21-36-29-15-13-28(14-16-29)25-40-31-19-17-30(18-20-31)37-22-10-6-8-12-24-39-33(35)27(3)4/h13-20H,1,3,5-12,21-25H2,2,4H3. The Bertz CT molecular complexity index is 960. The van der Waals surface area contributed by atoms with E-state index in [0.29, 0.717) is 37.6 Å². The van der Waals surface area contributed by atoms with Crippen LogP contribution in [0.1, 0.15) is 70.8 Å². The summed E-state index contributed by atoms with van der Waals surface area (Å²) in [6.07, 6.45) is 7.76. The van der Waals surface area contributed by atoms with Gasteiger partial charge >= 0.3 is 11.9 Å². The minimum atomic E-state index is -0.315. The summed E-state index contributed by atoms with van der Waals surface area (Å²) in [5, 5.41) is 0. The number of thioether (sulfide) groups is 1. The van der Waals surface area contributed by atoms with Crippen LogP contribution in [0.15, 0.2) is 77.7 Å². The van der Waals surface area contributed by atoms with E-state index in [-0.39, 0.29) is 11.9 Å². The maximum Gasteiger partial charge on any atom is 0.333 e. The average Bonchev–Trinajstić information content (AvgIpc) is 2.95. The molecule has 0 unspecified atom stereocenters. The number of rotatable bonds is 21. The third kappa shape index (κ3) is 14.8. The molecule has 6 nitrogen and oxygen atoms in total. The van der Waals surface area contributed by atoms with Crippen LogP contribution in [0, 0.1) is 0 Å². The first-order valence-corrected chi connectivity index (χ1v) is 15.1. The fourth-order valence-electron chi connectivity index (χ4n) is 3.55. The molecule has 0 saturated carbocycles. The topological polar surface area (TPSA) is 71.1 Å². The summed E-state index contributed by atoms with van der Waals surface area (Å²) in [7, 11) is 0. The lowest BCUT2D eigenvalue weighted by atomic mass is 10.2. The van der Waals surface area contributed by atoms with Crippen LogP contribution >= 0.6 is 11.8 Å². The Kier molecular flexibility index (Phi) is 16.3. The smallest absolute Gasteiger partial charge is 0.333 e. The van der Waals surface area contributed by atoms with Crippen LogP contribution in [-0.4, -0.2) is 38.4 Å². The van der Waals surface area contributed by atoms with Gasteiger partial charge in [0.25, 0.3) is 0 Å². The van der Waals surface area contributed by atoms with Crippen molar-refractivity contribution >= 4 is 23.7 Å². The monoisotopic (exact) mass is 568 g/mol. The molecule has 0 aliphatic heterocycles. The molecule has 0 N–H and O–H groups in total. The summed E-state index contributed by atoms with van der Waals surface area (Å²) in [5.41, 5.74) is 2.13. The lowest BCUT2D eigenvalue weighted by Crippen LogP contribution is -2.06. The largest absolute Gasteiger partial charge is 0.494 e. The molecule has 0 aliphatic carbocycles. The van der Waals surface area contributed by atoms with E-state index in [1.165, 1.54) is 10.5 Å². The summed E-state index contributed by atoms with van der Waals surface area (Å²) in [6, 6.07) is 16.5. The predicted molar refractivity (Wildman–Crippen MR) is 162 cm³/mol. The molecule has 0 heterocycles. The van der Waals surface area contributed by atoms with Crippen LogP contribution in [0.5, 0.6) is 11.5 Å². The molecule has 0 aliphatic rings. The van der Waals surface area contributed by atoms with Gasteiger partial charge in [0.2, 0.25) is 0 Å². The van der Waals surface area contributed by atoms with Crippen LogP contribution in [0.2, 0.25) is 0 Å². The fraction of sp³-hybridized carbons (Fsp3) is 0.455. The molecule has 0 fully saturated rings. The van der Waals surface area contributed by atoms with Gasteiger partial charge in [0.15, 0.2) is 0 Å². The molecule has 2 rings (SSSR count). The molecule has 0 aromatic heterocycles. The van der Waals surface area contributed by atoms with Crippen LogP contribution in [-0.2, 0) is 24.8 Å². The van der Waals surface area contributed by atoms with Gasteiger partial charge in [0.1, 0.15) is 11.5 Å². The summed E-state index contributed by atoms with van der Waals surface area (Å²) in [6.45, 7) is 12.7. The zero-order valence-electron chi connectivity index (χ0n) is 24.1. The first-order valence-electron chi connectivity index (χ1n) is 14.1. The van der Waals surface area contributed by atoms with Crippen molar-refractivity contribution in [1.29, 1.82) is 0 Å². The van der Waals surface area contributed by atoms with E-state index >= 15 is 0 Å². The van der Waals surface area contributed by atoms with E-state index in [1.807, 2.05) is 24.3 Å². The fourth-order valence-corrected chi connectivity index (χ4v) is 4.41. The molecule has 0 amide bonds. The molecule has 0 saturated heterocycles. The number of ether oxygens (including phenoxy) is 4. The Morgan fingerprint density at radius 1 is 0.600 bits per heavy atom. The van der Waals surface area contributed by atoms with Crippen LogP contribution < -0.4 is 9.47 Å². The minimum Gasteiger partial charge on any atom is -0.494 e. The van der Waals surface area contributed by atoms with Gasteiger partial charge < -0.3 is 18.9 Å². The van der Waals surface area contributed by atoms with Gasteiger partial charge in [-0.15, -0.1) is 11.8 Å². The third-order valence-electron chi connectivity index (χ3n) is 5.93. The SMILES string of the molecule is C=C(C)C(=O)OCCCCCCOc1ccc(CSc2ccc(OCCCCCCOC(=O)C(=C)C)cc2)cc1. The number of hydrogen-bond acceptors (Lipinski definition) is 7. The Balaban J connectivity index is 1.51. The number of esters is 2. The maximum atomic E-state index is 11.3. The van der Waals surface area contributed by atoms with E-state index < -0.39 is 0 Å². The Morgan fingerprint density at radius 3 is 1.43 bits per heavy atom. The average molecular weight is 569 g/mol. The zero-order valence-corrected chi connectivity index (χ0v) is 24.9. The van der Waals surface area contributed by atoms with E-state index in [0.717, 1.165) is 68.6 Å². The third-order valence-corrected chi connectivity index (χ3v) is 7.01. The van der Waals surface area contributed by atoms with E-state index in [1.54, 1.807) is 25.6 Å². The van der Waals surface area contributed by atoms with Gasteiger partial charge in [0.05, 0.1) is 26.4 Å². The van der Waals surface area contributed by atoms with Crippen LogP contribution in [0.3, 0.4) is 0 Å². The molecular weight excluding hydrogens is 524 g/mol. The molecule has 2 aromatic rings. The van der Waals surface area contributed by atoms with E-state index in [2.05, 4.69) is 37.4 Å². The molecular formula is C33H44O6S. The van der Waals surface area contributed by atoms with Crippen molar-refractivity contribution in [2.75, 3.05) is 26.4 Å². The molecule has 0 radical (unpaired) electrons. The van der Waals surface area contributed by atoms with Crippen molar-refractivity contribution in [3.05, 3.63) is 78.4 Å². The number of benzene rings is 2. The summed E-state index contributed by atoms with van der Waals surface area (Å²) < 4.78 is 21.9. The predicted octanol–water partition coefficient (Wildman–Crippen LogP) is 8.10. The van der Waals surface area contributed by atoms with E-state index in [9.17, 15) is 9.59 Å². The molecule has 2 aromatic carbocycles. The number of hydrogen-bond donors (Lipinski definition) is 0. The lowest BCUT2D eigenvalue weighted by Gasteiger charge is -2.09. The Hall–Kier alpha value is -3.19. The highest BCUT2D eigenvalue weighted by molar-refractivity contribution is 7.98. The highest BCUT2D eigenvalue weighted by Crippen LogP contribution is 2.26. The summed E-state index contributed by atoms with van der Waals surface area (Å²) in [5.74, 6) is 2.03. The van der Waals surface area contributed by atoms with Gasteiger partial charge in [-0.2, -0.15) is 0 Å². The quantitative estimate of drug-likeness (QED) is 0.0652. The molecule has 0 atom stereocenters. The van der Waals surface area contributed by atoms with Crippen molar-refractivity contribution in [2.45, 2.75) is 75.9 Å². The zero-order chi connectivity index (χ0) is 29.0. The highest BCUT2D eigenvalue weighted by atomic mass is 32.2.